The van der Waals surface area contributed by atoms with E-state index >= 15 is 0 Å². The van der Waals surface area contributed by atoms with Crippen LogP contribution in [0, 0.1) is 0 Å². The lowest BCUT2D eigenvalue weighted by Crippen LogP contribution is -2.55. The van der Waals surface area contributed by atoms with Gasteiger partial charge in [-0.3, -0.25) is 0 Å². The van der Waals surface area contributed by atoms with E-state index in [1.807, 2.05) is 27.7 Å². The first-order chi connectivity index (χ1) is 12.9. The standard InChI is InChI=1S/C9H23NO3Si.C8H22N2O2Si/c1-4-11-14(12-5-2,13-6-3)9-7-8-10;1-8(10)13(11-2,12-3)7-5-4-6-9/h4-10H2,1-3H3;8H,4-7,9-10H2,1-3H3. The molecular formula is C17H45N3O5Si2. The van der Waals surface area contributed by atoms with Crippen molar-refractivity contribution < 1.29 is 22.1 Å². The van der Waals surface area contributed by atoms with E-state index in [2.05, 4.69) is 0 Å². The van der Waals surface area contributed by atoms with Gasteiger partial charge in [-0.2, -0.15) is 0 Å². The van der Waals surface area contributed by atoms with Crippen LogP contribution in [0.1, 0.15) is 47.0 Å². The van der Waals surface area contributed by atoms with Crippen LogP contribution in [0.3, 0.4) is 0 Å². The molecule has 8 nitrogen and oxygen atoms in total. The van der Waals surface area contributed by atoms with E-state index < -0.39 is 17.4 Å². The van der Waals surface area contributed by atoms with Crippen LogP contribution in [0.15, 0.2) is 0 Å². The van der Waals surface area contributed by atoms with Gasteiger partial charge in [0.25, 0.3) is 0 Å². The summed E-state index contributed by atoms with van der Waals surface area (Å²) in [7, 11) is -1.17. The summed E-state index contributed by atoms with van der Waals surface area (Å²) in [5, 5.41) is 0. The van der Waals surface area contributed by atoms with Crippen molar-refractivity contribution in [3.8, 4) is 0 Å². The van der Waals surface area contributed by atoms with Crippen LogP contribution >= 0.6 is 0 Å². The molecule has 0 rings (SSSR count). The highest BCUT2D eigenvalue weighted by atomic mass is 28.4. The average Bonchev–Trinajstić information content (AvgIpc) is 2.65. The van der Waals surface area contributed by atoms with Gasteiger partial charge >= 0.3 is 17.4 Å². The zero-order valence-corrected chi connectivity index (χ0v) is 20.4. The van der Waals surface area contributed by atoms with Crippen LogP contribution in [0.25, 0.3) is 0 Å². The molecule has 0 radical (unpaired) electrons. The molecule has 0 spiro atoms. The quantitative estimate of drug-likeness (QED) is 0.251. The van der Waals surface area contributed by atoms with Gasteiger partial charge in [-0.15, -0.1) is 0 Å². The maximum absolute atomic E-state index is 5.86. The molecule has 166 valence electrons. The van der Waals surface area contributed by atoms with E-state index in [1.54, 1.807) is 14.2 Å². The molecule has 0 aliphatic heterocycles. The number of unbranched alkanes of at least 4 members (excludes halogenated alkanes) is 1. The van der Waals surface area contributed by atoms with E-state index in [9.17, 15) is 0 Å². The topological polar surface area (TPSA) is 124 Å². The van der Waals surface area contributed by atoms with Crippen LogP contribution in [0.4, 0.5) is 0 Å². The second-order valence-corrected chi connectivity index (χ2v) is 12.7. The Morgan fingerprint density at radius 2 is 1.19 bits per heavy atom. The average molecular weight is 428 g/mol. The van der Waals surface area contributed by atoms with Crippen molar-refractivity contribution >= 4 is 17.4 Å². The lowest BCUT2D eigenvalue weighted by Gasteiger charge is -2.30. The third-order valence-electron chi connectivity index (χ3n) is 4.14. The summed E-state index contributed by atoms with van der Waals surface area (Å²) in [6.07, 6.45) is 2.94. The normalized spacial score (nSPS) is 13.2. The van der Waals surface area contributed by atoms with Gasteiger partial charge in [0.05, 0.1) is 0 Å². The van der Waals surface area contributed by atoms with Gasteiger partial charge in [0, 0.05) is 45.7 Å². The molecule has 0 saturated heterocycles. The second kappa shape index (κ2) is 18.2. The van der Waals surface area contributed by atoms with E-state index in [0.717, 1.165) is 37.9 Å². The minimum absolute atomic E-state index is 0.000254. The summed E-state index contributed by atoms with van der Waals surface area (Å²) >= 11 is 0. The number of hydrogen-bond donors (Lipinski definition) is 3. The number of rotatable bonds is 16. The minimum Gasteiger partial charge on any atom is -0.397 e. The SMILES string of the molecule is CCO[Si](CCCN)(OCC)OCC.CO[Si](CCCCN)(OC)C(C)N. The predicted molar refractivity (Wildman–Crippen MR) is 116 cm³/mol. The molecule has 6 N–H and O–H groups in total. The Kier molecular flexibility index (Phi) is 19.7. The predicted octanol–water partition coefficient (Wildman–Crippen LogP) is 1.73. The van der Waals surface area contributed by atoms with Gasteiger partial charge < -0.3 is 39.3 Å². The molecule has 0 heterocycles. The molecule has 0 aromatic carbocycles. The summed E-state index contributed by atoms with van der Waals surface area (Å²) < 4.78 is 27.8. The van der Waals surface area contributed by atoms with Crippen LogP contribution in [-0.2, 0) is 22.1 Å². The second-order valence-electron chi connectivity index (χ2n) is 6.13. The third-order valence-corrected chi connectivity index (χ3v) is 11.1. The Labute approximate surface area is 169 Å². The largest absolute Gasteiger partial charge is 0.500 e. The smallest absolute Gasteiger partial charge is 0.397 e. The Bertz CT molecular complexity index is 308. The Morgan fingerprint density at radius 3 is 1.48 bits per heavy atom. The number of hydrogen-bond acceptors (Lipinski definition) is 8. The fraction of sp³-hybridized carbons (Fsp3) is 1.00. The summed E-state index contributed by atoms with van der Waals surface area (Å²) in [6, 6.07) is 1.74. The molecule has 1 unspecified atom stereocenters. The minimum atomic E-state index is -2.40. The van der Waals surface area contributed by atoms with E-state index in [1.165, 1.54) is 0 Å². The molecule has 0 aromatic heterocycles. The van der Waals surface area contributed by atoms with Gasteiger partial charge in [0.1, 0.15) is 0 Å². The van der Waals surface area contributed by atoms with Gasteiger partial charge in [0.2, 0.25) is 0 Å². The molecule has 10 heteroatoms. The highest BCUT2D eigenvalue weighted by Crippen LogP contribution is 2.18. The zero-order valence-electron chi connectivity index (χ0n) is 18.4. The van der Waals surface area contributed by atoms with Gasteiger partial charge in [-0.05, 0) is 59.7 Å². The highest BCUT2D eigenvalue weighted by Gasteiger charge is 2.40. The van der Waals surface area contributed by atoms with Gasteiger partial charge in [0.15, 0.2) is 0 Å². The molecule has 0 bridgehead atoms. The molecule has 0 aromatic rings. The van der Waals surface area contributed by atoms with Crippen molar-refractivity contribution in [2.75, 3.05) is 47.1 Å². The van der Waals surface area contributed by atoms with Crippen LogP contribution in [0.5, 0.6) is 0 Å². The van der Waals surface area contributed by atoms with E-state index in [4.69, 9.17) is 39.3 Å². The Morgan fingerprint density at radius 1 is 0.741 bits per heavy atom. The molecule has 0 aliphatic rings. The summed E-state index contributed by atoms with van der Waals surface area (Å²) in [5.74, 6) is 0. The summed E-state index contributed by atoms with van der Waals surface area (Å²) in [4.78, 5) is 0. The van der Waals surface area contributed by atoms with Crippen molar-refractivity contribution in [1.82, 2.24) is 0 Å². The van der Waals surface area contributed by atoms with Crippen molar-refractivity contribution in [3.05, 3.63) is 0 Å². The van der Waals surface area contributed by atoms with Crippen molar-refractivity contribution in [3.63, 3.8) is 0 Å². The lowest BCUT2D eigenvalue weighted by atomic mass is 10.3. The molecule has 0 saturated carbocycles. The molecule has 1 atom stereocenters. The van der Waals surface area contributed by atoms with Gasteiger partial charge in [-0.25, -0.2) is 0 Å². The summed E-state index contributed by atoms with van der Waals surface area (Å²) in [6.45, 7) is 11.1. The van der Waals surface area contributed by atoms with Crippen LogP contribution in [-0.4, -0.2) is 70.2 Å². The maximum Gasteiger partial charge on any atom is 0.500 e. The van der Waals surface area contributed by atoms with Crippen LogP contribution in [0.2, 0.25) is 12.1 Å². The van der Waals surface area contributed by atoms with Crippen molar-refractivity contribution in [1.29, 1.82) is 0 Å². The monoisotopic (exact) mass is 427 g/mol. The number of nitrogens with two attached hydrogens (primary N) is 3. The molecule has 0 aliphatic carbocycles. The van der Waals surface area contributed by atoms with E-state index in [-0.39, 0.29) is 5.67 Å². The van der Waals surface area contributed by atoms with Crippen molar-refractivity contribution in [2.45, 2.75) is 64.7 Å². The Balaban J connectivity index is 0. The van der Waals surface area contributed by atoms with Gasteiger partial charge in [-0.1, -0.05) is 6.42 Å². The first-order valence-electron chi connectivity index (χ1n) is 10.0. The van der Waals surface area contributed by atoms with E-state index in [0.29, 0.717) is 26.4 Å². The maximum atomic E-state index is 5.86. The fourth-order valence-electron chi connectivity index (χ4n) is 2.72. The Hall–Kier alpha value is 0.114. The molecular weight excluding hydrogens is 382 g/mol. The molecule has 27 heavy (non-hydrogen) atoms. The zero-order chi connectivity index (χ0) is 21.2. The highest BCUT2D eigenvalue weighted by molar-refractivity contribution is 6.68. The first-order valence-corrected chi connectivity index (χ1v) is 14.1. The summed E-state index contributed by atoms with van der Waals surface area (Å²) in [5.41, 5.74) is 16.8. The van der Waals surface area contributed by atoms with Crippen molar-refractivity contribution in [2.24, 2.45) is 17.2 Å². The lowest BCUT2D eigenvalue weighted by molar-refractivity contribution is 0.0710. The third kappa shape index (κ3) is 12.3. The first kappa shape index (κ1) is 29.3. The molecule has 0 amide bonds. The fourth-order valence-corrected chi connectivity index (χ4v) is 7.88. The van der Waals surface area contributed by atoms with Crippen LogP contribution < -0.4 is 17.2 Å². The molecule has 0 fully saturated rings.